The molecule has 0 amide bonds. The van der Waals surface area contributed by atoms with Gasteiger partial charge in [-0.1, -0.05) is 13.3 Å². The van der Waals surface area contributed by atoms with Crippen LogP contribution in [0, 0.1) is 0 Å². The molecule has 1 aromatic rings. The van der Waals surface area contributed by atoms with Crippen LogP contribution in [0.4, 0.5) is 25.2 Å². The molecule has 1 heterocycles. The number of rotatable bonds is 3. The number of aryl methyl sites for hydroxylation is 1. The average Bonchev–Trinajstić information content (AvgIpc) is 2.46. The summed E-state index contributed by atoms with van der Waals surface area (Å²) in [5.74, 6) is 1.11. The van der Waals surface area contributed by atoms with Gasteiger partial charge in [0.15, 0.2) is 0 Å². The molecule has 0 radical (unpaired) electrons. The first-order chi connectivity index (χ1) is 6.88. The van der Waals surface area contributed by atoms with Crippen molar-refractivity contribution in [2.45, 2.75) is 26.2 Å². The molecule has 0 bridgehead atoms. The van der Waals surface area contributed by atoms with Crippen LogP contribution in [-0.4, -0.2) is 9.97 Å². The van der Waals surface area contributed by atoms with E-state index in [1.807, 2.05) is 6.20 Å². The van der Waals surface area contributed by atoms with Crippen molar-refractivity contribution in [2.24, 2.45) is 0 Å². The van der Waals surface area contributed by atoms with Crippen LogP contribution in [0.25, 0.3) is 0 Å². The van der Waals surface area contributed by atoms with Crippen molar-refractivity contribution in [3.05, 3.63) is 18.2 Å². The largest absolute Gasteiger partial charge is 1.00 e. The maximum atomic E-state index is 9.87. The number of halogens is 6. The molecular weight excluding hydrogens is 257 g/mol. The summed E-state index contributed by atoms with van der Waals surface area (Å²) >= 11 is 0. The number of unbranched alkanes of at least 4 members (excludes halogenated alkanes) is 1. The zero-order valence-electron chi connectivity index (χ0n) is 9.44. The van der Waals surface area contributed by atoms with Crippen molar-refractivity contribution in [3.63, 3.8) is 0 Å². The zero-order valence-corrected chi connectivity index (χ0v) is 9.33. The van der Waals surface area contributed by atoms with Gasteiger partial charge >= 0.3 is 34.4 Å². The number of H-pyrrole nitrogens is 1. The van der Waals surface area contributed by atoms with E-state index in [-0.39, 0.29) is 1.43 Å². The molecule has 0 aliphatic carbocycles. The van der Waals surface area contributed by atoms with Crippen LogP contribution < -0.4 is 0 Å². The van der Waals surface area contributed by atoms with Crippen molar-refractivity contribution in [1.29, 1.82) is 0 Å². The molecule has 0 atom stereocenters. The monoisotopic (exact) mass is 270 g/mol. The minimum Gasteiger partial charge on any atom is 1.00 e. The van der Waals surface area contributed by atoms with Crippen molar-refractivity contribution < 1.29 is 26.6 Å². The fraction of sp³-hybridized carbons (Fsp3) is 0.571. The number of hydrogen-bond acceptors (Lipinski definition) is 1. The second-order valence-electron chi connectivity index (χ2n) is 3.10. The minimum absolute atomic E-state index is 0. The summed E-state index contributed by atoms with van der Waals surface area (Å²) in [7, 11) is -10.7. The van der Waals surface area contributed by atoms with E-state index in [1.165, 1.54) is 12.8 Å². The van der Waals surface area contributed by atoms with Gasteiger partial charge in [-0.3, -0.25) is 0 Å². The molecule has 9 heteroatoms. The predicted octanol–water partition coefficient (Wildman–Crippen LogP) is 5.25. The standard InChI is InChI=1S/C7H12N2.F6P/c1-2-3-4-7-8-5-6-9-7;1-7(2,3,4,5)6/h5-6H,2-4H2,1H3,(H,8,9);/q;-1/p+1. The van der Waals surface area contributed by atoms with Gasteiger partial charge in [0.1, 0.15) is 5.82 Å². The second kappa shape index (κ2) is 4.24. The Morgan fingerprint density at radius 2 is 1.75 bits per heavy atom. The van der Waals surface area contributed by atoms with Crippen LogP contribution in [0.2, 0.25) is 0 Å². The molecule has 0 spiro atoms. The SMILES string of the molecule is CCCCc1ncc[nH]1.F[P-](F)(F)(F)(F)F.[H+]. The molecule has 0 saturated carbocycles. The van der Waals surface area contributed by atoms with E-state index in [9.17, 15) is 25.2 Å². The molecule has 2 nitrogen and oxygen atoms in total. The molecule has 0 aromatic carbocycles. The Balaban J connectivity index is 0. The molecule has 0 fully saturated rings. The quantitative estimate of drug-likeness (QED) is 0.590. The van der Waals surface area contributed by atoms with Crippen LogP contribution in [0.1, 0.15) is 27.0 Å². The summed E-state index contributed by atoms with van der Waals surface area (Å²) in [6.07, 6.45) is 7.22. The van der Waals surface area contributed by atoms with E-state index in [0.29, 0.717) is 0 Å². The molecule has 1 aromatic heterocycles. The average molecular weight is 270 g/mol. The van der Waals surface area contributed by atoms with Crippen molar-refractivity contribution >= 4 is 7.81 Å². The Morgan fingerprint density at radius 1 is 1.25 bits per heavy atom. The maximum absolute atomic E-state index is 10.7. The van der Waals surface area contributed by atoms with E-state index >= 15 is 0 Å². The van der Waals surface area contributed by atoms with E-state index < -0.39 is 7.81 Å². The number of imidazole rings is 1. The van der Waals surface area contributed by atoms with Gasteiger partial charge in [0, 0.05) is 18.8 Å². The fourth-order valence-corrected chi connectivity index (χ4v) is 0.779. The first-order valence-electron chi connectivity index (χ1n) is 4.43. The Bertz CT molecular complexity index is 296. The first kappa shape index (κ1) is 15.2. The molecular formula is C7H13F6N2P. The summed E-state index contributed by atoms with van der Waals surface area (Å²) in [4.78, 5) is 7.16. The third-order valence-corrected chi connectivity index (χ3v) is 1.32. The maximum Gasteiger partial charge on any atom is 1.00 e. The Kier molecular flexibility index (Phi) is 4.03. The number of hydrogen-bond donors (Lipinski definition) is 1. The van der Waals surface area contributed by atoms with Gasteiger partial charge in [-0.05, 0) is 6.42 Å². The van der Waals surface area contributed by atoms with Gasteiger partial charge in [0.2, 0.25) is 0 Å². The topological polar surface area (TPSA) is 28.7 Å². The molecule has 1 N–H and O–H groups in total. The van der Waals surface area contributed by atoms with E-state index in [1.54, 1.807) is 6.20 Å². The third kappa shape index (κ3) is 18.9. The van der Waals surface area contributed by atoms with Gasteiger partial charge in [-0.25, -0.2) is 4.98 Å². The van der Waals surface area contributed by atoms with Gasteiger partial charge in [0.05, 0.1) is 0 Å². The molecule has 0 unspecified atom stereocenters. The molecule has 1 rings (SSSR count). The van der Waals surface area contributed by atoms with Gasteiger partial charge in [0.25, 0.3) is 0 Å². The number of aromatic amines is 1. The second-order valence-corrected chi connectivity index (χ2v) is 5.01. The summed E-state index contributed by atoms with van der Waals surface area (Å²) < 4.78 is 59.2. The first-order valence-corrected chi connectivity index (χ1v) is 6.46. The van der Waals surface area contributed by atoms with Crippen molar-refractivity contribution in [3.8, 4) is 0 Å². The number of nitrogens with zero attached hydrogens (tertiary/aromatic N) is 1. The summed E-state index contributed by atoms with van der Waals surface area (Å²) in [5, 5.41) is 0. The van der Waals surface area contributed by atoms with Gasteiger partial charge in [-0.15, -0.1) is 0 Å². The number of aromatic nitrogens is 2. The Morgan fingerprint density at radius 3 is 2.06 bits per heavy atom. The summed E-state index contributed by atoms with van der Waals surface area (Å²) in [5.41, 5.74) is 0. The van der Waals surface area contributed by atoms with E-state index in [4.69, 9.17) is 0 Å². The Labute approximate surface area is 89.8 Å². The fourth-order valence-electron chi connectivity index (χ4n) is 0.779. The van der Waals surface area contributed by atoms with Crippen molar-refractivity contribution in [2.75, 3.05) is 0 Å². The normalized spacial score (nSPS) is 15.7. The smallest absolute Gasteiger partial charge is 1.00 e. The molecule has 0 saturated heterocycles. The van der Waals surface area contributed by atoms with E-state index in [0.717, 1.165) is 12.2 Å². The van der Waals surface area contributed by atoms with Crippen LogP contribution in [0.15, 0.2) is 12.4 Å². The van der Waals surface area contributed by atoms with Gasteiger partial charge in [-0.2, -0.15) is 0 Å². The Hall–Kier alpha value is -0.780. The van der Waals surface area contributed by atoms with Crippen LogP contribution in [0.5, 0.6) is 0 Å². The minimum atomic E-state index is -10.7. The van der Waals surface area contributed by atoms with Crippen LogP contribution in [-0.2, 0) is 6.42 Å². The molecule has 16 heavy (non-hydrogen) atoms. The van der Waals surface area contributed by atoms with Crippen molar-refractivity contribution in [1.82, 2.24) is 9.97 Å². The predicted molar refractivity (Wildman–Crippen MR) is 51.9 cm³/mol. The van der Waals surface area contributed by atoms with Crippen LogP contribution in [0.3, 0.4) is 0 Å². The number of nitrogens with one attached hydrogen (secondary N) is 1. The molecule has 0 aliphatic heterocycles. The summed E-state index contributed by atoms with van der Waals surface area (Å²) in [6.45, 7) is 2.18. The molecule has 0 aliphatic rings. The summed E-state index contributed by atoms with van der Waals surface area (Å²) in [6, 6.07) is 0. The zero-order chi connectivity index (χ0) is 12.9. The van der Waals surface area contributed by atoms with Gasteiger partial charge < -0.3 is 4.98 Å². The third-order valence-electron chi connectivity index (χ3n) is 1.32. The molecule has 98 valence electrons. The van der Waals surface area contributed by atoms with Crippen LogP contribution >= 0.6 is 7.81 Å². The van der Waals surface area contributed by atoms with E-state index in [2.05, 4.69) is 16.9 Å².